The van der Waals surface area contributed by atoms with E-state index in [1.54, 1.807) is 31.0 Å². The largest absolute Gasteiger partial charge is 0.388 e. The van der Waals surface area contributed by atoms with E-state index in [9.17, 15) is 10.1 Å². The van der Waals surface area contributed by atoms with E-state index in [1.165, 1.54) is 6.07 Å². The predicted octanol–water partition coefficient (Wildman–Crippen LogP) is 2.91. The molecule has 0 aliphatic carbocycles. The molecule has 5 nitrogen and oxygen atoms in total. The topological polar surface area (TPSA) is 64.4 Å². The van der Waals surface area contributed by atoms with Crippen LogP contribution >= 0.6 is 11.8 Å². The Labute approximate surface area is 111 Å². The molecule has 0 saturated heterocycles. The van der Waals surface area contributed by atoms with E-state index in [2.05, 4.69) is 5.32 Å². The van der Waals surface area contributed by atoms with Crippen molar-refractivity contribution in [2.24, 2.45) is 0 Å². The van der Waals surface area contributed by atoms with E-state index < -0.39 is 0 Å². The molecule has 0 bridgehead atoms. The Hall–Kier alpha value is -1.27. The molecule has 0 aliphatic rings. The highest BCUT2D eigenvalue weighted by Crippen LogP contribution is 2.25. The van der Waals surface area contributed by atoms with E-state index in [0.29, 0.717) is 0 Å². The summed E-state index contributed by atoms with van der Waals surface area (Å²) in [6.45, 7) is 0.751. The van der Waals surface area contributed by atoms with Crippen LogP contribution in [0.5, 0.6) is 0 Å². The number of nitro groups is 1. The smallest absolute Gasteiger partial charge is 0.269 e. The average Bonchev–Trinajstić information content (AvgIpc) is 2.38. The van der Waals surface area contributed by atoms with Gasteiger partial charge in [-0.3, -0.25) is 10.1 Å². The van der Waals surface area contributed by atoms with Crippen LogP contribution in [-0.2, 0) is 10.5 Å². The van der Waals surface area contributed by atoms with Gasteiger partial charge in [0.2, 0.25) is 0 Å². The Bertz CT molecular complexity index is 399. The molecule has 1 rings (SSSR count). The maximum atomic E-state index is 10.7. The molecule has 0 radical (unpaired) electrons. The van der Waals surface area contributed by atoms with Crippen LogP contribution in [0, 0.1) is 10.1 Å². The first-order valence-electron chi connectivity index (χ1n) is 5.70. The average molecular weight is 270 g/mol. The van der Waals surface area contributed by atoms with Crippen molar-refractivity contribution < 1.29 is 9.66 Å². The third-order valence-electron chi connectivity index (χ3n) is 2.46. The number of ether oxygens (including phenoxy) is 1. The number of nitro benzene ring substituents is 1. The van der Waals surface area contributed by atoms with Crippen LogP contribution in [0.2, 0.25) is 0 Å². The Kier molecular flexibility index (Phi) is 6.53. The quantitative estimate of drug-likeness (QED) is 0.447. The minimum Gasteiger partial charge on any atom is -0.388 e. The van der Waals surface area contributed by atoms with E-state index in [0.717, 1.165) is 35.8 Å². The standard InChI is InChI=1S/C12H18N2O3S/c1-13-12-5-4-11(14(15)16)8-10(12)9-18-7-3-6-17-2/h4-5,8,13H,3,6-7,9H2,1-2H3. The molecule has 0 atom stereocenters. The summed E-state index contributed by atoms with van der Waals surface area (Å²) in [6.07, 6.45) is 0.991. The minimum atomic E-state index is -0.363. The van der Waals surface area contributed by atoms with Crippen molar-refractivity contribution in [3.05, 3.63) is 33.9 Å². The van der Waals surface area contributed by atoms with Crippen LogP contribution in [0.15, 0.2) is 18.2 Å². The number of rotatable bonds is 8. The van der Waals surface area contributed by atoms with Gasteiger partial charge in [-0.15, -0.1) is 0 Å². The monoisotopic (exact) mass is 270 g/mol. The Morgan fingerprint density at radius 1 is 1.50 bits per heavy atom. The van der Waals surface area contributed by atoms with Gasteiger partial charge in [-0.25, -0.2) is 0 Å². The van der Waals surface area contributed by atoms with Gasteiger partial charge in [0.15, 0.2) is 0 Å². The summed E-state index contributed by atoms with van der Waals surface area (Å²) in [5, 5.41) is 13.8. The van der Waals surface area contributed by atoms with Crippen molar-refractivity contribution in [1.82, 2.24) is 0 Å². The van der Waals surface area contributed by atoms with Crippen LogP contribution in [0.25, 0.3) is 0 Å². The van der Waals surface area contributed by atoms with Crippen LogP contribution in [-0.4, -0.2) is 31.4 Å². The van der Waals surface area contributed by atoms with E-state index in [4.69, 9.17) is 4.74 Å². The lowest BCUT2D eigenvalue weighted by Gasteiger charge is -2.08. The lowest BCUT2D eigenvalue weighted by Crippen LogP contribution is -1.97. The van der Waals surface area contributed by atoms with E-state index in [1.807, 2.05) is 7.05 Å². The van der Waals surface area contributed by atoms with E-state index >= 15 is 0 Å². The Balaban J connectivity index is 2.61. The minimum absolute atomic E-state index is 0.140. The highest BCUT2D eigenvalue weighted by atomic mass is 32.2. The zero-order valence-electron chi connectivity index (χ0n) is 10.6. The fourth-order valence-electron chi connectivity index (χ4n) is 1.54. The van der Waals surface area contributed by atoms with Gasteiger partial charge >= 0.3 is 0 Å². The first kappa shape index (κ1) is 14.8. The fourth-order valence-corrected chi connectivity index (χ4v) is 2.47. The zero-order chi connectivity index (χ0) is 13.4. The second-order valence-electron chi connectivity index (χ2n) is 3.75. The normalized spacial score (nSPS) is 10.3. The predicted molar refractivity (Wildman–Crippen MR) is 75.3 cm³/mol. The lowest BCUT2D eigenvalue weighted by atomic mass is 10.2. The van der Waals surface area contributed by atoms with Crippen LogP contribution in [0.1, 0.15) is 12.0 Å². The third kappa shape index (κ3) is 4.54. The molecule has 0 saturated carbocycles. The van der Waals surface area contributed by atoms with Crippen molar-refractivity contribution in [2.75, 3.05) is 31.8 Å². The highest BCUT2D eigenvalue weighted by Gasteiger charge is 2.09. The van der Waals surface area contributed by atoms with Crippen molar-refractivity contribution in [1.29, 1.82) is 0 Å². The first-order chi connectivity index (χ1) is 8.69. The van der Waals surface area contributed by atoms with Crippen molar-refractivity contribution in [3.63, 3.8) is 0 Å². The van der Waals surface area contributed by atoms with Gasteiger partial charge in [0.05, 0.1) is 4.92 Å². The lowest BCUT2D eigenvalue weighted by molar-refractivity contribution is -0.384. The summed E-state index contributed by atoms with van der Waals surface area (Å²) >= 11 is 1.75. The van der Waals surface area contributed by atoms with Crippen LogP contribution < -0.4 is 5.32 Å². The van der Waals surface area contributed by atoms with Gasteiger partial charge in [0.25, 0.3) is 5.69 Å². The second-order valence-corrected chi connectivity index (χ2v) is 4.85. The SMILES string of the molecule is CNc1ccc([N+](=O)[O-])cc1CSCCCOC. The number of benzene rings is 1. The molecule has 100 valence electrons. The molecule has 0 heterocycles. The molecule has 6 heteroatoms. The number of non-ortho nitro benzene ring substituents is 1. The van der Waals surface area contributed by atoms with Gasteiger partial charge in [-0.2, -0.15) is 11.8 Å². The number of hydrogen-bond donors (Lipinski definition) is 1. The maximum absolute atomic E-state index is 10.7. The van der Waals surface area contributed by atoms with Crippen molar-refractivity contribution in [3.8, 4) is 0 Å². The number of methoxy groups -OCH3 is 1. The second kappa shape index (κ2) is 7.94. The number of nitrogens with zero attached hydrogens (tertiary/aromatic N) is 1. The van der Waals surface area contributed by atoms with Gasteiger partial charge in [-0.1, -0.05) is 0 Å². The van der Waals surface area contributed by atoms with E-state index in [-0.39, 0.29) is 10.6 Å². The van der Waals surface area contributed by atoms with Gasteiger partial charge < -0.3 is 10.1 Å². The molecule has 1 aromatic carbocycles. The summed E-state index contributed by atoms with van der Waals surface area (Å²) in [4.78, 5) is 10.4. The molecule has 0 amide bonds. The first-order valence-corrected chi connectivity index (χ1v) is 6.86. The molecule has 0 aliphatic heterocycles. The number of thioether (sulfide) groups is 1. The number of hydrogen-bond acceptors (Lipinski definition) is 5. The van der Waals surface area contributed by atoms with Crippen LogP contribution in [0.4, 0.5) is 11.4 Å². The van der Waals surface area contributed by atoms with Gasteiger partial charge in [0, 0.05) is 44.3 Å². The summed E-state index contributed by atoms with van der Waals surface area (Å²) in [5.74, 6) is 1.75. The molecule has 1 aromatic rings. The summed E-state index contributed by atoms with van der Waals surface area (Å²) in [7, 11) is 3.50. The Morgan fingerprint density at radius 2 is 2.28 bits per heavy atom. The third-order valence-corrected chi connectivity index (χ3v) is 3.56. The Morgan fingerprint density at radius 3 is 2.89 bits per heavy atom. The summed E-state index contributed by atoms with van der Waals surface area (Å²) in [6, 6.07) is 4.91. The summed E-state index contributed by atoms with van der Waals surface area (Å²) in [5.41, 5.74) is 2.05. The van der Waals surface area contributed by atoms with Gasteiger partial charge in [-0.05, 0) is 23.8 Å². The molecule has 0 spiro atoms. The van der Waals surface area contributed by atoms with Gasteiger partial charge in [0.1, 0.15) is 0 Å². The van der Waals surface area contributed by atoms with Crippen molar-refractivity contribution >= 4 is 23.1 Å². The number of anilines is 1. The molecule has 18 heavy (non-hydrogen) atoms. The molecule has 0 unspecified atom stereocenters. The molecule has 0 aromatic heterocycles. The van der Waals surface area contributed by atoms with Crippen molar-refractivity contribution in [2.45, 2.75) is 12.2 Å². The molecule has 1 N–H and O–H groups in total. The van der Waals surface area contributed by atoms with Crippen LogP contribution in [0.3, 0.4) is 0 Å². The summed E-state index contributed by atoms with van der Waals surface area (Å²) < 4.78 is 4.97. The fraction of sp³-hybridized carbons (Fsp3) is 0.500. The highest BCUT2D eigenvalue weighted by molar-refractivity contribution is 7.98. The molecular weight excluding hydrogens is 252 g/mol. The molecule has 0 fully saturated rings. The molecular formula is C12H18N2O3S. The number of nitrogens with one attached hydrogen (secondary N) is 1. The maximum Gasteiger partial charge on any atom is 0.269 e. The zero-order valence-corrected chi connectivity index (χ0v) is 11.5.